The van der Waals surface area contributed by atoms with E-state index in [1.165, 1.54) is 6.07 Å². The zero-order chi connectivity index (χ0) is 15.5. The summed E-state index contributed by atoms with van der Waals surface area (Å²) < 4.78 is 19.1. The Bertz CT molecular complexity index is 510. The number of nitrogens with one attached hydrogen (secondary N) is 1. The van der Waals surface area contributed by atoms with Crippen molar-refractivity contribution in [3.8, 4) is 0 Å². The number of benzene rings is 1. The molecule has 1 amide bonds. The minimum atomic E-state index is -0.993. The molecule has 0 aliphatic carbocycles. The minimum absolute atomic E-state index is 0.160. The fourth-order valence-corrected chi connectivity index (χ4v) is 2.48. The molecular formula is C16H22FNO3. The summed E-state index contributed by atoms with van der Waals surface area (Å²) in [6.07, 6.45) is 0.987. The second kappa shape index (κ2) is 6.12. The van der Waals surface area contributed by atoms with E-state index in [-0.39, 0.29) is 12.5 Å². The summed E-state index contributed by atoms with van der Waals surface area (Å²) in [7, 11) is 0. The van der Waals surface area contributed by atoms with Crippen LogP contribution in [0.5, 0.6) is 0 Å². The molecule has 116 valence electrons. The first-order valence-corrected chi connectivity index (χ1v) is 7.19. The van der Waals surface area contributed by atoms with Crippen LogP contribution in [0.1, 0.15) is 32.3 Å². The normalized spacial score (nSPS) is 18.3. The van der Waals surface area contributed by atoms with E-state index in [1.807, 2.05) is 0 Å². The number of halogens is 1. The molecule has 0 aromatic heterocycles. The van der Waals surface area contributed by atoms with E-state index in [9.17, 15) is 14.3 Å². The van der Waals surface area contributed by atoms with E-state index in [4.69, 9.17) is 4.74 Å². The molecule has 0 spiro atoms. The van der Waals surface area contributed by atoms with Gasteiger partial charge in [-0.15, -0.1) is 0 Å². The summed E-state index contributed by atoms with van der Waals surface area (Å²) in [5.74, 6) is -0.699. The molecule has 0 unspecified atom stereocenters. The predicted octanol–water partition coefficient (Wildman–Crippen LogP) is 1.76. The first-order valence-electron chi connectivity index (χ1n) is 7.19. The van der Waals surface area contributed by atoms with E-state index in [1.54, 1.807) is 32.0 Å². The molecule has 4 nitrogen and oxygen atoms in total. The zero-order valence-electron chi connectivity index (χ0n) is 12.5. The summed E-state index contributed by atoms with van der Waals surface area (Å²) in [5, 5.41) is 13.1. The maximum absolute atomic E-state index is 13.9. The van der Waals surface area contributed by atoms with Crippen molar-refractivity contribution in [3.05, 3.63) is 35.6 Å². The topological polar surface area (TPSA) is 58.6 Å². The SMILES string of the molecule is CC(C)(C(=O)NCC1(O)CCOCC1)c1ccccc1F. The number of hydrogen-bond donors (Lipinski definition) is 2. The van der Waals surface area contributed by atoms with Gasteiger partial charge in [0.1, 0.15) is 5.82 Å². The molecule has 0 atom stereocenters. The van der Waals surface area contributed by atoms with Gasteiger partial charge in [0.15, 0.2) is 0 Å². The molecule has 0 saturated carbocycles. The van der Waals surface area contributed by atoms with Gasteiger partial charge in [-0.25, -0.2) is 4.39 Å². The lowest BCUT2D eigenvalue weighted by atomic mass is 9.83. The molecule has 0 bridgehead atoms. The summed E-state index contributed by atoms with van der Waals surface area (Å²) in [6.45, 7) is 4.49. The van der Waals surface area contributed by atoms with Crippen LogP contribution in [-0.2, 0) is 14.9 Å². The van der Waals surface area contributed by atoms with Gasteiger partial charge in [-0.2, -0.15) is 0 Å². The number of amides is 1. The van der Waals surface area contributed by atoms with Crippen molar-refractivity contribution >= 4 is 5.91 Å². The van der Waals surface area contributed by atoms with Gasteiger partial charge in [-0.05, 0) is 19.9 Å². The van der Waals surface area contributed by atoms with E-state index < -0.39 is 16.8 Å². The zero-order valence-corrected chi connectivity index (χ0v) is 12.5. The van der Waals surface area contributed by atoms with Crippen LogP contribution in [0, 0.1) is 5.82 Å². The molecule has 1 aliphatic heterocycles. The lowest BCUT2D eigenvalue weighted by Gasteiger charge is -2.33. The average Bonchev–Trinajstić information content (AvgIpc) is 2.46. The first-order chi connectivity index (χ1) is 9.85. The smallest absolute Gasteiger partial charge is 0.230 e. The molecule has 2 rings (SSSR count). The average molecular weight is 295 g/mol. The third-order valence-corrected chi connectivity index (χ3v) is 4.12. The van der Waals surface area contributed by atoms with Crippen molar-refractivity contribution in [1.82, 2.24) is 5.32 Å². The number of carbonyl (C=O) groups is 1. The molecule has 1 aromatic rings. The summed E-state index contributed by atoms with van der Waals surface area (Å²) in [6, 6.07) is 6.26. The van der Waals surface area contributed by atoms with Crippen LogP contribution < -0.4 is 5.32 Å². The largest absolute Gasteiger partial charge is 0.388 e. The van der Waals surface area contributed by atoms with E-state index >= 15 is 0 Å². The van der Waals surface area contributed by atoms with Crippen LogP contribution in [0.2, 0.25) is 0 Å². The van der Waals surface area contributed by atoms with Crippen molar-refractivity contribution in [2.45, 2.75) is 37.7 Å². The van der Waals surface area contributed by atoms with Gasteiger partial charge in [0, 0.05) is 38.2 Å². The number of hydrogen-bond acceptors (Lipinski definition) is 3. The number of ether oxygens (including phenoxy) is 1. The molecule has 1 saturated heterocycles. The van der Waals surface area contributed by atoms with Crippen molar-refractivity contribution in [3.63, 3.8) is 0 Å². The van der Waals surface area contributed by atoms with Gasteiger partial charge in [0.2, 0.25) is 5.91 Å². The summed E-state index contributed by atoms with van der Waals surface area (Å²) in [5.41, 5.74) is -1.58. The summed E-state index contributed by atoms with van der Waals surface area (Å²) >= 11 is 0. The lowest BCUT2D eigenvalue weighted by Crippen LogP contribution is -2.50. The van der Waals surface area contributed by atoms with Crippen LogP contribution in [0.25, 0.3) is 0 Å². The second-order valence-corrected chi connectivity index (χ2v) is 6.12. The van der Waals surface area contributed by atoms with E-state index in [0.717, 1.165) is 0 Å². The standard InChI is InChI=1S/C16H22FNO3/c1-15(2,12-5-3-4-6-13(12)17)14(19)18-11-16(20)7-9-21-10-8-16/h3-6,20H,7-11H2,1-2H3,(H,18,19). The van der Waals surface area contributed by atoms with Crippen molar-refractivity contribution in [2.75, 3.05) is 19.8 Å². The Morgan fingerprint density at radius 2 is 2.00 bits per heavy atom. The molecule has 1 aromatic carbocycles. The number of rotatable bonds is 4. The maximum Gasteiger partial charge on any atom is 0.230 e. The van der Waals surface area contributed by atoms with Gasteiger partial charge in [-0.3, -0.25) is 4.79 Å². The Morgan fingerprint density at radius 3 is 2.62 bits per heavy atom. The van der Waals surface area contributed by atoms with E-state index in [0.29, 0.717) is 31.6 Å². The third-order valence-electron chi connectivity index (χ3n) is 4.12. The molecule has 1 fully saturated rings. The van der Waals surface area contributed by atoms with Crippen LogP contribution in [0.3, 0.4) is 0 Å². The van der Waals surface area contributed by atoms with Gasteiger partial charge in [-0.1, -0.05) is 18.2 Å². The Balaban J connectivity index is 2.03. The van der Waals surface area contributed by atoms with Crippen LogP contribution in [-0.4, -0.2) is 36.4 Å². The Hall–Kier alpha value is -1.46. The minimum Gasteiger partial charge on any atom is -0.388 e. The first kappa shape index (κ1) is 15.9. The maximum atomic E-state index is 13.9. The van der Waals surface area contributed by atoms with Crippen molar-refractivity contribution in [1.29, 1.82) is 0 Å². The Morgan fingerprint density at radius 1 is 1.38 bits per heavy atom. The van der Waals surface area contributed by atoms with Gasteiger partial charge in [0.25, 0.3) is 0 Å². The highest BCUT2D eigenvalue weighted by atomic mass is 19.1. The number of aliphatic hydroxyl groups is 1. The molecule has 21 heavy (non-hydrogen) atoms. The van der Waals surface area contributed by atoms with Crippen molar-refractivity contribution in [2.24, 2.45) is 0 Å². The van der Waals surface area contributed by atoms with Gasteiger partial charge >= 0.3 is 0 Å². The van der Waals surface area contributed by atoms with E-state index in [2.05, 4.69) is 5.32 Å². The quantitative estimate of drug-likeness (QED) is 0.890. The monoisotopic (exact) mass is 295 g/mol. The van der Waals surface area contributed by atoms with Crippen LogP contribution in [0.15, 0.2) is 24.3 Å². The molecule has 2 N–H and O–H groups in total. The van der Waals surface area contributed by atoms with Gasteiger partial charge in [0.05, 0.1) is 11.0 Å². The molecule has 1 aliphatic rings. The number of carbonyl (C=O) groups excluding carboxylic acids is 1. The van der Waals surface area contributed by atoms with Crippen LogP contribution in [0.4, 0.5) is 4.39 Å². The Labute approximate surface area is 124 Å². The third kappa shape index (κ3) is 3.60. The van der Waals surface area contributed by atoms with Crippen LogP contribution >= 0.6 is 0 Å². The second-order valence-electron chi connectivity index (χ2n) is 6.12. The lowest BCUT2D eigenvalue weighted by molar-refractivity contribution is -0.128. The fraction of sp³-hybridized carbons (Fsp3) is 0.562. The highest BCUT2D eigenvalue weighted by Crippen LogP contribution is 2.26. The van der Waals surface area contributed by atoms with Crippen molar-refractivity contribution < 1.29 is 19.0 Å². The molecule has 1 heterocycles. The summed E-state index contributed by atoms with van der Waals surface area (Å²) in [4.78, 5) is 12.4. The molecule has 0 radical (unpaired) electrons. The highest BCUT2D eigenvalue weighted by molar-refractivity contribution is 5.87. The van der Waals surface area contributed by atoms with Gasteiger partial charge < -0.3 is 15.2 Å². The highest BCUT2D eigenvalue weighted by Gasteiger charge is 2.35. The molecule has 5 heteroatoms. The Kier molecular flexibility index (Phi) is 4.64. The molecular weight excluding hydrogens is 273 g/mol. The predicted molar refractivity (Wildman–Crippen MR) is 77.4 cm³/mol. The fourth-order valence-electron chi connectivity index (χ4n) is 2.48.